The van der Waals surface area contributed by atoms with Gasteiger partial charge in [0.15, 0.2) is 0 Å². The predicted octanol–water partition coefficient (Wildman–Crippen LogP) is 8.28. The molecule has 0 heterocycles. The number of ether oxygens (including phenoxy) is 1. The smallest absolute Gasteiger partial charge is 0.343 e. The van der Waals surface area contributed by atoms with E-state index in [0.29, 0.717) is 17.2 Å². The Morgan fingerprint density at radius 2 is 1.34 bits per heavy atom. The van der Waals surface area contributed by atoms with Gasteiger partial charge in [-0.25, -0.2) is 4.79 Å². The maximum atomic E-state index is 12.5. The summed E-state index contributed by atoms with van der Waals surface area (Å²) in [6, 6.07) is 24.3. The molecule has 2 heteroatoms. The molecule has 0 N–H and O–H groups in total. The van der Waals surface area contributed by atoms with Crippen molar-refractivity contribution in [2.24, 2.45) is 5.92 Å². The summed E-state index contributed by atoms with van der Waals surface area (Å²) >= 11 is 0. The van der Waals surface area contributed by atoms with Gasteiger partial charge in [0, 0.05) is 0 Å². The Bertz CT molecular complexity index is 953. The van der Waals surface area contributed by atoms with Crippen molar-refractivity contribution in [3.8, 4) is 16.9 Å². The fourth-order valence-electron chi connectivity index (χ4n) is 3.82. The predicted molar refractivity (Wildman–Crippen MR) is 134 cm³/mol. The van der Waals surface area contributed by atoms with Gasteiger partial charge < -0.3 is 4.74 Å². The van der Waals surface area contributed by atoms with Crippen molar-refractivity contribution in [1.82, 2.24) is 0 Å². The lowest BCUT2D eigenvalue weighted by molar-refractivity contribution is 0.0734. The van der Waals surface area contributed by atoms with E-state index < -0.39 is 0 Å². The van der Waals surface area contributed by atoms with E-state index in [0.717, 1.165) is 24.0 Å². The normalized spacial score (nSPS) is 11.8. The highest BCUT2D eigenvalue weighted by molar-refractivity contribution is 5.91. The minimum absolute atomic E-state index is 0.323. The largest absolute Gasteiger partial charge is 0.423 e. The molecule has 0 bridgehead atoms. The summed E-state index contributed by atoms with van der Waals surface area (Å²) in [5.74, 6) is 0.970. The molecule has 3 rings (SSSR count). The molecular formula is C30H36O2. The van der Waals surface area contributed by atoms with Crippen molar-refractivity contribution in [2.45, 2.75) is 65.7 Å². The van der Waals surface area contributed by atoms with Crippen molar-refractivity contribution in [1.29, 1.82) is 0 Å². The van der Waals surface area contributed by atoms with Crippen LogP contribution in [-0.4, -0.2) is 5.97 Å². The van der Waals surface area contributed by atoms with Crippen LogP contribution >= 0.6 is 0 Å². The lowest BCUT2D eigenvalue weighted by Gasteiger charge is -2.10. The molecule has 32 heavy (non-hydrogen) atoms. The van der Waals surface area contributed by atoms with Gasteiger partial charge in [0.25, 0.3) is 0 Å². The minimum atomic E-state index is -0.323. The molecule has 1 atom stereocenters. The Labute approximate surface area is 193 Å². The average Bonchev–Trinajstić information content (AvgIpc) is 2.83. The highest BCUT2D eigenvalue weighted by Gasteiger charge is 2.09. The third-order valence-corrected chi connectivity index (χ3v) is 6.14. The summed E-state index contributed by atoms with van der Waals surface area (Å²) in [4.78, 5) is 12.5. The quantitative estimate of drug-likeness (QED) is 0.174. The second-order valence-electron chi connectivity index (χ2n) is 8.84. The number of carbonyl (C=O) groups is 1. The monoisotopic (exact) mass is 428 g/mol. The molecule has 0 saturated heterocycles. The molecule has 0 saturated carbocycles. The van der Waals surface area contributed by atoms with E-state index in [9.17, 15) is 4.79 Å². The van der Waals surface area contributed by atoms with E-state index in [2.05, 4.69) is 57.2 Å². The number of hydrogen-bond donors (Lipinski definition) is 0. The molecule has 0 aliphatic carbocycles. The number of hydrogen-bond acceptors (Lipinski definition) is 2. The Morgan fingerprint density at radius 1 is 0.750 bits per heavy atom. The zero-order valence-electron chi connectivity index (χ0n) is 19.8. The van der Waals surface area contributed by atoms with Crippen LogP contribution in [0.25, 0.3) is 11.1 Å². The first-order valence-electron chi connectivity index (χ1n) is 12.1. The van der Waals surface area contributed by atoms with Crippen molar-refractivity contribution in [2.75, 3.05) is 0 Å². The standard InChI is InChI=1S/C30H36O2/c1-4-6-7-8-9-24-12-20-29(21-13-24)32-30(31)28-18-16-27(17-19-28)26-14-10-25(11-15-26)22-23(3)5-2/h10-21,23H,4-9,22H2,1-3H3/t23-/m0/s1. The lowest BCUT2D eigenvalue weighted by atomic mass is 9.96. The molecule has 0 aliphatic heterocycles. The summed E-state index contributed by atoms with van der Waals surface area (Å²) < 4.78 is 5.57. The van der Waals surface area contributed by atoms with E-state index in [4.69, 9.17) is 4.74 Å². The minimum Gasteiger partial charge on any atom is -0.423 e. The van der Waals surface area contributed by atoms with E-state index in [1.165, 1.54) is 43.2 Å². The lowest BCUT2D eigenvalue weighted by Crippen LogP contribution is -2.08. The number of esters is 1. The van der Waals surface area contributed by atoms with E-state index in [-0.39, 0.29) is 5.97 Å². The second-order valence-corrected chi connectivity index (χ2v) is 8.84. The summed E-state index contributed by atoms with van der Waals surface area (Å²) in [7, 11) is 0. The Balaban J connectivity index is 1.55. The zero-order valence-corrected chi connectivity index (χ0v) is 19.8. The van der Waals surface area contributed by atoms with Gasteiger partial charge in [-0.05, 0) is 71.7 Å². The van der Waals surface area contributed by atoms with Crippen LogP contribution in [0.5, 0.6) is 5.75 Å². The molecule has 3 aromatic rings. The van der Waals surface area contributed by atoms with Crippen LogP contribution in [0.4, 0.5) is 0 Å². The maximum absolute atomic E-state index is 12.5. The van der Waals surface area contributed by atoms with Crippen LogP contribution in [-0.2, 0) is 12.8 Å². The van der Waals surface area contributed by atoms with Crippen LogP contribution in [0.2, 0.25) is 0 Å². The highest BCUT2D eigenvalue weighted by Crippen LogP contribution is 2.23. The van der Waals surface area contributed by atoms with Gasteiger partial charge in [-0.15, -0.1) is 0 Å². The molecule has 0 aromatic heterocycles. The number of benzene rings is 3. The van der Waals surface area contributed by atoms with Gasteiger partial charge in [-0.1, -0.05) is 95.0 Å². The summed E-state index contributed by atoms with van der Waals surface area (Å²) in [5, 5.41) is 0. The molecule has 0 unspecified atom stereocenters. The topological polar surface area (TPSA) is 26.3 Å². The first-order valence-corrected chi connectivity index (χ1v) is 12.1. The molecule has 3 aromatic carbocycles. The highest BCUT2D eigenvalue weighted by atomic mass is 16.5. The first-order chi connectivity index (χ1) is 15.6. The number of carbonyl (C=O) groups excluding carboxylic acids is 1. The fraction of sp³-hybridized carbons (Fsp3) is 0.367. The number of rotatable bonds is 11. The van der Waals surface area contributed by atoms with Crippen LogP contribution in [0.15, 0.2) is 72.8 Å². The summed E-state index contributed by atoms with van der Waals surface area (Å²) in [6.07, 6.45) is 8.40. The Hall–Kier alpha value is -2.87. The van der Waals surface area contributed by atoms with Crippen molar-refractivity contribution >= 4 is 5.97 Å². The molecule has 0 fully saturated rings. The molecule has 0 aliphatic rings. The Morgan fingerprint density at radius 3 is 1.94 bits per heavy atom. The Kier molecular flexibility index (Phi) is 9.10. The molecule has 0 spiro atoms. The van der Waals surface area contributed by atoms with Crippen molar-refractivity contribution < 1.29 is 9.53 Å². The number of unbranched alkanes of at least 4 members (excludes halogenated alkanes) is 3. The van der Waals surface area contributed by atoms with Crippen LogP contribution in [0.3, 0.4) is 0 Å². The first kappa shape index (κ1) is 23.8. The zero-order chi connectivity index (χ0) is 22.8. The van der Waals surface area contributed by atoms with Gasteiger partial charge in [-0.3, -0.25) is 0 Å². The molecule has 0 amide bonds. The molecule has 2 nitrogen and oxygen atoms in total. The third-order valence-electron chi connectivity index (χ3n) is 6.14. The van der Waals surface area contributed by atoms with Gasteiger partial charge in [0.2, 0.25) is 0 Å². The SMILES string of the molecule is CCCCCCc1ccc(OC(=O)c2ccc(-c3ccc(C[C@@H](C)CC)cc3)cc2)cc1. The van der Waals surface area contributed by atoms with Gasteiger partial charge in [0.1, 0.15) is 5.75 Å². The molecular weight excluding hydrogens is 392 g/mol. The fourth-order valence-corrected chi connectivity index (χ4v) is 3.82. The van der Waals surface area contributed by atoms with Crippen LogP contribution in [0.1, 0.15) is 74.4 Å². The third kappa shape index (κ3) is 7.09. The van der Waals surface area contributed by atoms with Crippen molar-refractivity contribution in [3.05, 3.63) is 89.5 Å². The molecule has 168 valence electrons. The van der Waals surface area contributed by atoms with Crippen molar-refractivity contribution in [3.63, 3.8) is 0 Å². The molecule has 0 radical (unpaired) electrons. The van der Waals surface area contributed by atoms with Gasteiger partial charge in [-0.2, -0.15) is 0 Å². The summed E-state index contributed by atoms with van der Waals surface area (Å²) in [5.41, 5.74) is 5.48. The van der Waals surface area contributed by atoms with Crippen LogP contribution in [0, 0.1) is 5.92 Å². The van der Waals surface area contributed by atoms with Gasteiger partial charge >= 0.3 is 5.97 Å². The second kappa shape index (κ2) is 12.2. The van der Waals surface area contributed by atoms with E-state index in [1.54, 1.807) is 0 Å². The van der Waals surface area contributed by atoms with E-state index >= 15 is 0 Å². The van der Waals surface area contributed by atoms with Gasteiger partial charge in [0.05, 0.1) is 5.56 Å². The number of aryl methyl sites for hydroxylation is 1. The van der Waals surface area contributed by atoms with Crippen LogP contribution < -0.4 is 4.74 Å². The van der Waals surface area contributed by atoms with E-state index in [1.807, 2.05) is 36.4 Å². The maximum Gasteiger partial charge on any atom is 0.343 e. The average molecular weight is 429 g/mol. The summed E-state index contributed by atoms with van der Waals surface area (Å²) in [6.45, 7) is 6.74.